The average molecular weight is 524 g/mol. The number of hydrogen-bond donors (Lipinski definition) is 1. The van der Waals surface area contributed by atoms with Gasteiger partial charge in [-0.3, -0.25) is 9.36 Å². The summed E-state index contributed by atoms with van der Waals surface area (Å²) < 4.78 is 18.4. The normalized spacial score (nSPS) is 11.1. The van der Waals surface area contributed by atoms with Gasteiger partial charge in [-0.2, -0.15) is 10.2 Å². The first-order valence-electron chi connectivity index (χ1n) is 12.4. The zero-order valence-electron chi connectivity index (χ0n) is 21.8. The zero-order valence-corrected chi connectivity index (χ0v) is 21.8. The van der Waals surface area contributed by atoms with Gasteiger partial charge in [-0.25, -0.2) is 19.3 Å². The molecule has 11 heteroatoms. The lowest BCUT2D eigenvalue weighted by molar-refractivity contribution is 0.631. The standard InChI is InChI=1S/C28H26FN9O/c1-4-12-37(26-19(13-30)17(2)33-28(31)35-26)15-23-34-21-11-10-20(29)24(22-14-36(3)16-32-22)25(21)27(39)38(23)18-8-6-5-7-9-18/h5-11,14,16H,4,12,15H2,1-3H3,(H2,31,33,35). The van der Waals surface area contributed by atoms with Crippen molar-refractivity contribution in [3.8, 4) is 23.0 Å². The Labute approximate surface area is 223 Å². The van der Waals surface area contributed by atoms with E-state index in [9.17, 15) is 10.1 Å². The number of rotatable bonds is 7. The molecule has 0 amide bonds. The number of anilines is 2. The van der Waals surface area contributed by atoms with E-state index < -0.39 is 11.4 Å². The van der Waals surface area contributed by atoms with Gasteiger partial charge >= 0.3 is 0 Å². The van der Waals surface area contributed by atoms with Crippen molar-refractivity contribution in [1.29, 1.82) is 5.26 Å². The number of nitrogens with two attached hydrogens (primary N) is 1. The molecule has 10 nitrogen and oxygen atoms in total. The number of halogens is 1. The van der Waals surface area contributed by atoms with Crippen LogP contribution in [0.2, 0.25) is 0 Å². The number of para-hydroxylation sites is 1. The molecule has 0 unspecified atom stereocenters. The number of nitrogen functional groups attached to an aromatic ring is 1. The van der Waals surface area contributed by atoms with Crippen molar-refractivity contribution in [2.75, 3.05) is 17.2 Å². The zero-order chi connectivity index (χ0) is 27.7. The van der Waals surface area contributed by atoms with Crippen LogP contribution in [0.15, 0.2) is 59.8 Å². The molecule has 3 aromatic heterocycles. The van der Waals surface area contributed by atoms with Crippen LogP contribution in [0.3, 0.4) is 0 Å². The third kappa shape index (κ3) is 4.68. The van der Waals surface area contributed by atoms with E-state index in [0.29, 0.717) is 46.3 Å². The Balaban J connectivity index is 1.78. The van der Waals surface area contributed by atoms with E-state index in [1.165, 1.54) is 16.7 Å². The Hall–Kier alpha value is -5.11. The molecule has 2 aromatic carbocycles. The minimum Gasteiger partial charge on any atom is -0.368 e. The molecule has 0 radical (unpaired) electrons. The van der Waals surface area contributed by atoms with Crippen LogP contribution in [0.1, 0.15) is 30.4 Å². The first kappa shape index (κ1) is 25.5. The van der Waals surface area contributed by atoms with E-state index in [1.54, 1.807) is 43.2 Å². The van der Waals surface area contributed by atoms with Crippen molar-refractivity contribution in [3.05, 3.63) is 88.2 Å². The number of hydrogen-bond acceptors (Lipinski definition) is 8. The summed E-state index contributed by atoms with van der Waals surface area (Å²) in [5.41, 5.74) is 7.61. The van der Waals surface area contributed by atoms with Gasteiger partial charge in [-0.05, 0) is 37.6 Å². The fourth-order valence-corrected chi connectivity index (χ4v) is 4.67. The van der Waals surface area contributed by atoms with Crippen molar-refractivity contribution in [1.82, 2.24) is 29.1 Å². The molecule has 2 N–H and O–H groups in total. The smallest absolute Gasteiger partial charge is 0.266 e. The van der Waals surface area contributed by atoms with Crippen LogP contribution in [-0.4, -0.2) is 35.6 Å². The summed E-state index contributed by atoms with van der Waals surface area (Å²) >= 11 is 0. The summed E-state index contributed by atoms with van der Waals surface area (Å²) in [5, 5.41) is 9.97. The number of nitrogens with zero attached hydrogens (tertiary/aromatic N) is 8. The van der Waals surface area contributed by atoms with Gasteiger partial charge in [0.1, 0.15) is 23.3 Å². The lowest BCUT2D eigenvalue weighted by atomic mass is 10.1. The third-order valence-corrected chi connectivity index (χ3v) is 6.36. The Morgan fingerprint density at radius 3 is 2.56 bits per heavy atom. The summed E-state index contributed by atoms with van der Waals surface area (Å²) in [7, 11) is 1.78. The molecule has 0 aliphatic heterocycles. The van der Waals surface area contributed by atoms with Crippen LogP contribution < -0.4 is 16.2 Å². The minimum absolute atomic E-state index is 0.0463. The number of aromatic nitrogens is 6. The van der Waals surface area contributed by atoms with Crippen LogP contribution in [0, 0.1) is 24.1 Å². The van der Waals surface area contributed by atoms with E-state index in [1.807, 2.05) is 30.0 Å². The quantitative estimate of drug-likeness (QED) is 0.340. The molecule has 0 aliphatic rings. The molecular weight excluding hydrogens is 497 g/mol. The minimum atomic E-state index is -0.564. The molecule has 0 aliphatic carbocycles. The van der Waals surface area contributed by atoms with Crippen molar-refractivity contribution in [2.24, 2.45) is 7.05 Å². The highest BCUT2D eigenvalue weighted by atomic mass is 19.1. The van der Waals surface area contributed by atoms with E-state index in [4.69, 9.17) is 10.7 Å². The van der Waals surface area contributed by atoms with Crippen LogP contribution >= 0.6 is 0 Å². The predicted molar refractivity (Wildman–Crippen MR) is 147 cm³/mol. The van der Waals surface area contributed by atoms with E-state index in [-0.39, 0.29) is 23.4 Å². The van der Waals surface area contributed by atoms with E-state index in [2.05, 4.69) is 21.0 Å². The van der Waals surface area contributed by atoms with E-state index in [0.717, 1.165) is 6.42 Å². The van der Waals surface area contributed by atoms with Crippen molar-refractivity contribution < 1.29 is 4.39 Å². The van der Waals surface area contributed by atoms with Gasteiger partial charge in [-0.1, -0.05) is 25.1 Å². The predicted octanol–water partition coefficient (Wildman–Crippen LogP) is 3.89. The largest absolute Gasteiger partial charge is 0.368 e. The maximum Gasteiger partial charge on any atom is 0.266 e. The third-order valence-electron chi connectivity index (χ3n) is 6.36. The van der Waals surface area contributed by atoms with Gasteiger partial charge in [-0.15, -0.1) is 0 Å². The molecule has 0 bridgehead atoms. The first-order valence-corrected chi connectivity index (χ1v) is 12.4. The summed E-state index contributed by atoms with van der Waals surface area (Å²) in [6, 6.07) is 14.0. The van der Waals surface area contributed by atoms with Gasteiger partial charge in [0.15, 0.2) is 5.82 Å². The maximum atomic E-state index is 15.2. The summed E-state index contributed by atoms with van der Waals surface area (Å²) in [4.78, 5) is 33.7. The summed E-state index contributed by atoms with van der Waals surface area (Å²) in [5.74, 6) is 0.242. The average Bonchev–Trinajstić information content (AvgIpc) is 3.34. The van der Waals surface area contributed by atoms with Gasteiger partial charge in [0.25, 0.3) is 5.56 Å². The van der Waals surface area contributed by atoms with Crippen LogP contribution in [-0.2, 0) is 13.6 Å². The monoisotopic (exact) mass is 523 g/mol. The molecule has 0 atom stereocenters. The summed E-state index contributed by atoms with van der Waals surface area (Å²) in [6.07, 6.45) is 3.94. The second-order valence-corrected chi connectivity index (χ2v) is 9.14. The summed E-state index contributed by atoms with van der Waals surface area (Å²) in [6.45, 7) is 4.34. The fraction of sp³-hybridized carbons (Fsp3) is 0.214. The molecule has 0 fully saturated rings. The highest BCUT2D eigenvalue weighted by Crippen LogP contribution is 2.29. The van der Waals surface area contributed by atoms with Gasteiger partial charge in [0.05, 0.1) is 46.4 Å². The van der Waals surface area contributed by atoms with Crippen molar-refractivity contribution in [3.63, 3.8) is 0 Å². The SMILES string of the molecule is CCCN(Cc1nc2ccc(F)c(-c3cn(C)cn3)c2c(=O)n1-c1ccccc1)c1nc(N)nc(C)c1C#N. The molecule has 0 saturated carbocycles. The molecule has 39 heavy (non-hydrogen) atoms. The molecule has 196 valence electrons. The number of fused-ring (bicyclic) bond motifs is 1. The number of imidazole rings is 1. The topological polar surface area (TPSA) is 132 Å². The number of benzene rings is 2. The highest BCUT2D eigenvalue weighted by Gasteiger charge is 2.24. The van der Waals surface area contributed by atoms with Crippen LogP contribution in [0.25, 0.3) is 27.8 Å². The van der Waals surface area contributed by atoms with Crippen molar-refractivity contribution in [2.45, 2.75) is 26.8 Å². The Bertz CT molecular complexity index is 1790. The van der Waals surface area contributed by atoms with E-state index >= 15 is 4.39 Å². The molecule has 5 rings (SSSR count). The highest BCUT2D eigenvalue weighted by molar-refractivity contribution is 5.93. The van der Waals surface area contributed by atoms with Gasteiger partial charge in [0, 0.05) is 19.8 Å². The molecule has 0 saturated heterocycles. The van der Waals surface area contributed by atoms with Gasteiger partial charge in [0.2, 0.25) is 5.95 Å². The molecule has 5 aromatic rings. The van der Waals surface area contributed by atoms with Gasteiger partial charge < -0.3 is 15.2 Å². The fourth-order valence-electron chi connectivity index (χ4n) is 4.67. The van der Waals surface area contributed by atoms with Crippen LogP contribution in [0.5, 0.6) is 0 Å². The van der Waals surface area contributed by atoms with Crippen molar-refractivity contribution >= 4 is 22.7 Å². The lowest BCUT2D eigenvalue weighted by Gasteiger charge is -2.26. The molecular formula is C28H26FN9O. The second-order valence-electron chi connectivity index (χ2n) is 9.14. The maximum absolute atomic E-state index is 15.2. The second kappa shape index (κ2) is 10.3. The molecule has 0 spiro atoms. The lowest BCUT2D eigenvalue weighted by Crippen LogP contribution is -2.32. The number of nitriles is 1. The Morgan fingerprint density at radius 2 is 1.90 bits per heavy atom. The molecule has 3 heterocycles. The Morgan fingerprint density at radius 1 is 1.13 bits per heavy atom. The Kier molecular flexibility index (Phi) is 6.77. The number of aryl methyl sites for hydroxylation is 2. The van der Waals surface area contributed by atoms with Crippen LogP contribution in [0.4, 0.5) is 16.2 Å². The first-order chi connectivity index (χ1) is 18.8.